The zero-order chi connectivity index (χ0) is 13.8. The van der Waals surface area contributed by atoms with E-state index in [1.54, 1.807) is 0 Å². The first-order valence-electron chi connectivity index (χ1n) is 7.05. The van der Waals surface area contributed by atoms with Gasteiger partial charge in [0.15, 0.2) is 0 Å². The van der Waals surface area contributed by atoms with Gasteiger partial charge in [0.1, 0.15) is 0 Å². The van der Waals surface area contributed by atoms with Crippen LogP contribution < -0.4 is 0 Å². The van der Waals surface area contributed by atoms with Crippen molar-refractivity contribution in [3.05, 3.63) is 0 Å². The smallest absolute Gasteiger partial charge is 0.317 e. The number of hydrogen-bond donors (Lipinski definition) is 1. The van der Waals surface area contributed by atoms with Crippen molar-refractivity contribution < 1.29 is 9.90 Å². The van der Waals surface area contributed by atoms with Crippen molar-refractivity contribution in [3.8, 4) is 0 Å². The number of hydrogen-bond acceptors (Lipinski definition) is 3. The Hall–Kier alpha value is -0.610. The summed E-state index contributed by atoms with van der Waals surface area (Å²) in [6.07, 6.45) is 3.37. The second-order valence-corrected chi connectivity index (χ2v) is 6.27. The van der Waals surface area contributed by atoms with Crippen molar-refractivity contribution >= 4 is 5.97 Å². The summed E-state index contributed by atoms with van der Waals surface area (Å²) in [6.45, 7) is 12.0. The van der Waals surface area contributed by atoms with Gasteiger partial charge in [-0.15, -0.1) is 0 Å². The molecule has 0 unspecified atom stereocenters. The predicted molar refractivity (Wildman–Crippen MR) is 73.8 cm³/mol. The first-order valence-corrected chi connectivity index (χ1v) is 7.05. The minimum Gasteiger partial charge on any atom is -0.480 e. The molecular weight excluding hydrogens is 228 g/mol. The molecule has 0 saturated carbocycles. The molecule has 1 aliphatic rings. The van der Waals surface area contributed by atoms with Crippen LogP contribution in [0.15, 0.2) is 0 Å². The van der Waals surface area contributed by atoms with Gasteiger partial charge < -0.3 is 10.0 Å². The van der Waals surface area contributed by atoms with Gasteiger partial charge in [-0.1, -0.05) is 6.92 Å². The number of likely N-dealkylation sites (tertiary alicyclic amines) is 1. The number of rotatable bonds is 5. The van der Waals surface area contributed by atoms with E-state index in [0.717, 1.165) is 25.9 Å². The Morgan fingerprint density at radius 3 is 2.28 bits per heavy atom. The van der Waals surface area contributed by atoms with Crippen molar-refractivity contribution in [2.45, 2.75) is 58.5 Å². The molecule has 0 aliphatic carbocycles. The fraction of sp³-hybridized carbons (Fsp3) is 0.929. The van der Waals surface area contributed by atoms with Gasteiger partial charge >= 0.3 is 5.97 Å². The molecule has 0 spiro atoms. The first kappa shape index (κ1) is 15.4. The van der Waals surface area contributed by atoms with Crippen molar-refractivity contribution in [1.82, 2.24) is 9.80 Å². The highest BCUT2D eigenvalue weighted by Crippen LogP contribution is 2.24. The Morgan fingerprint density at radius 1 is 1.33 bits per heavy atom. The lowest BCUT2D eigenvalue weighted by molar-refractivity contribution is -0.141. The maximum absolute atomic E-state index is 11.0. The van der Waals surface area contributed by atoms with Crippen molar-refractivity contribution in [3.63, 3.8) is 0 Å². The third kappa shape index (κ3) is 4.58. The molecule has 1 aliphatic heterocycles. The summed E-state index contributed by atoms with van der Waals surface area (Å²) in [5.41, 5.74) is -0.0734. The number of carboxylic acid groups (broad SMARTS) is 1. The lowest BCUT2D eigenvalue weighted by atomic mass is 9.96. The van der Waals surface area contributed by atoms with E-state index in [1.165, 1.54) is 13.0 Å². The Labute approximate surface area is 111 Å². The molecule has 18 heavy (non-hydrogen) atoms. The number of carbonyl (C=O) groups is 1. The molecule has 1 rings (SSSR count). The van der Waals surface area contributed by atoms with Gasteiger partial charge in [-0.3, -0.25) is 9.69 Å². The molecule has 0 aromatic carbocycles. The molecule has 1 N–H and O–H groups in total. The van der Waals surface area contributed by atoms with Crippen molar-refractivity contribution in [2.75, 3.05) is 26.2 Å². The minimum absolute atomic E-state index is 0.0734. The predicted octanol–water partition coefficient (Wildman–Crippen LogP) is 2.05. The maximum Gasteiger partial charge on any atom is 0.317 e. The summed E-state index contributed by atoms with van der Waals surface area (Å²) >= 11 is 0. The molecule has 0 radical (unpaired) electrons. The van der Waals surface area contributed by atoms with E-state index in [-0.39, 0.29) is 12.1 Å². The molecule has 1 heterocycles. The van der Waals surface area contributed by atoms with Crippen LogP contribution in [0.1, 0.15) is 47.0 Å². The van der Waals surface area contributed by atoms with Gasteiger partial charge in [-0.2, -0.15) is 0 Å². The molecule has 1 saturated heterocycles. The molecule has 0 aromatic rings. The van der Waals surface area contributed by atoms with Crippen LogP contribution in [-0.2, 0) is 4.79 Å². The summed E-state index contributed by atoms with van der Waals surface area (Å²) < 4.78 is 0. The molecule has 0 atom stereocenters. The highest BCUT2D eigenvalue weighted by Gasteiger charge is 2.32. The first-order chi connectivity index (χ1) is 8.34. The second-order valence-electron chi connectivity index (χ2n) is 6.27. The SMILES string of the molecule is CCCN1CCC(N(CC(=O)O)C(C)(C)C)CC1. The van der Waals surface area contributed by atoms with E-state index in [1.807, 2.05) is 0 Å². The number of piperidine rings is 1. The van der Waals surface area contributed by atoms with Crippen LogP contribution in [0, 0.1) is 0 Å². The largest absolute Gasteiger partial charge is 0.480 e. The van der Waals surface area contributed by atoms with Gasteiger partial charge in [-0.05, 0) is 59.7 Å². The lowest BCUT2D eigenvalue weighted by Crippen LogP contribution is -2.54. The zero-order valence-electron chi connectivity index (χ0n) is 12.3. The van der Waals surface area contributed by atoms with Gasteiger partial charge in [0.2, 0.25) is 0 Å². The van der Waals surface area contributed by atoms with Crippen molar-refractivity contribution in [2.24, 2.45) is 0 Å². The van der Waals surface area contributed by atoms with Crippen LogP contribution >= 0.6 is 0 Å². The Morgan fingerprint density at radius 2 is 1.89 bits per heavy atom. The van der Waals surface area contributed by atoms with Crippen LogP contribution in [0.2, 0.25) is 0 Å². The summed E-state index contributed by atoms with van der Waals surface area (Å²) in [4.78, 5) is 15.6. The highest BCUT2D eigenvalue weighted by molar-refractivity contribution is 5.69. The zero-order valence-corrected chi connectivity index (χ0v) is 12.3. The fourth-order valence-corrected chi connectivity index (χ4v) is 2.83. The monoisotopic (exact) mass is 256 g/mol. The minimum atomic E-state index is -0.721. The molecule has 4 nitrogen and oxygen atoms in total. The van der Waals surface area contributed by atoms with Gasteiger partial charge in [0.05, 0.1) is 6.54 Å². The van der Waals surface area contributed by atoms with E-state index in [9.17, 15) is 4.79 Å². The molecule has 0 bridgehead atoms. The van der Waals surface area contributed by atoms with E-state index in [2.05, 4.69) is 37.5 Å². The maximum atomic E-state index is 11.0. The Kier molecular flexibility index (Phi) is 5.60. The van der Waals surface area contributed by atoms with Crippen LogP contribution in [-0.4, -0.2) is 58.6 Å². The van der Waals surface area contributed by atoms with E-state index in [4.69, 9.17) is 5.11 Å². The third-order valence-electron chi connectivity index (χ3n) is 3.70. The summed E-state index contributed by atoms with van der Waals surface area (Å²) in [5.74, 6) is -0.721. The highest BCUT2D eigenvalue weighted by atomic mass is 16.4. The van der Waals surface area contributed by atoms with E-state index in [0.29, 0.717) is 6.04 Å². The Bertz CT molecular complexity index is 265. The second kappa shape index (κ2) is 6.53. The number of nitrogens with zero attached hydrogens (tertiary/aromatic N) is 2. The topological polar surface area (TPSA) is 43.8 Å². The molecule has 1 fully saturated rings. The van der Waals surface area contributed by atoms with Crippen LogP contribution in [0.5, 0.6) is 0 Å². The standard InChI is InChI=1S/C14H28N2O2/c1-5-8-15-9-6-12(7-10-15)16(11-13(17)18)14(2,3)4/h12H,5-11H2,1-4H3,(H,17,18). The van der Waals surface area contributed by atoms with Gasteiger partial charge in [0.25, 0.3) is 0 Å². The fourth-order valence-electron chi connectivity index (χ4n) is 2.83. The van der Waals surface area contributed by atoms with Crippen LogP contribution in [0.3, 0.4) is 0 Å². The normalized spacial score (nSPS) is 19.4. The third-order valence-corrected chi connectivity index (χ3v) is 3.70. The Balaban J connectivity index is 2.58. The van der Waals surface area contributed by atoms with E-state index < -0.39 is 5.97 Å². The molecule has 4 heteroatoms. The van der Waals surface area contributed by atoms with E-state index >= 15 is 0 Å². The summed E-state index contributed by atoms with van der Waals surface area (Å²) in [7, 11) is 0. The molecular formula is C14H28N2O2. The lowest BCUT2D eigenvalue weighted by Gasteiger charge is -2.44. The number of carboxylic acids is 1. The molecule has 0 aromatic heterocycles. The average molecular weight is 256 g/mol. The van der Waals surface area contributed by atoms with Gasteiger partial charge in [-0.25, -0.2) is 0 Å². The van der Waals surface area contributed by atoms with Gasteiger partial charge in [0, 0.05) is 11.6 Å². The number of aliphatic carboxylic acids is 1. The summed E-state index contributed by atoms with van der Waals surface area (Å²) in [6, 6.07) is 0.411. The average Bonchev–Trinajstić information content (AvgIpc) is 2.26. The molecule has 106 valence electrons. The van der Waals surface area contributed by atoms with Crippen molar-refractivity contribution in [1.29, 1.82) is 0 Å². The van der Waals surface area contributed by atoms with Crippen LogP contribution in [0.25, 0.3) is 0 Å². The quantitative estimate of drug-likeness (QED) is 0.817. The van der Waals surface area contributed by atoms with Crippen LogP contribution in [0.4, 0.5) is 0 Å². The summed E-state index contributed by atoms with van der Waals surface area (Å²) in [5, 5.41) is 9.06. The molecule has 0 amide bonds.